The smallest absolute Gasteiger partial charge is 0.223 e. The van der Waals surface area contributed by atoms with Gasteiger partial charge in [-0.2, -0.15) is 0 Å². The van der Waals surface area contributed by atoms with Gasteiger partial charge in [0, 0.05) is 24.2 Å². The number of benzene rings is 1. The zero-order valence-corrected chi connectivity index (χ0v) is 12.6. The largest absolute Gasteiger partial charge is 0.390 e. The molecule has 2 aliphatic rings. The SMILES string of the molecule is O[C@H]1Cc2ccccc2[C@H]1Nc1nccc(C2CCCC2)n1. The number of hydrogen-bond acceptors (Lipinski definition) is 4. The lowest BCUT2D eigenvalue weighted by Gasteiger charge is -2.18. The van der Waals surface area contributed by atoms with Gasteiger partial charge in [-0.15, -0.1) is 0 Å². The number of aromatic nitrogens is 2. The highest BCUT2D eigenvalue weighted by Crippen LogP contribution is 2.35. The normalized spacial score (nSPS) is 24.4. The average Bonchev–Trinajstić information content (AvgIpc) is 3.17. The summed E-state index contributed by atoms with van der Waals surface area (Å²) in [6.45, 7) is 0. The van der Waals surface area contributed by atoms with Gasteiger partial charge in [0.25, 0.3) is 0 Å². The van der Waals surface area contributed by atoms with Crippen LogP contribution in [0.1, 0.15) is 54.5 Å². The van der Waals surface area contributed by atoms with E-state index in [2.05, 4.69) is 22.4 Å². The van der Waals surface area contributed by atoms with Crippen molar-refractivity contribution in [2.45, 2.75) is 50.2 Å². The third kappa shape index (κ3) is 2.48. The van der Waals surface area contributed by atoms with Crippen LogP contribution in [0.3, 0.4) is 0 Å². The predicted molar refractivity (Wildman–Crippen MR) is 85.8 cm³/mol. The van der Waals surface area contributed by atoms with Gasteiger partial charge in [0.2, 0.25) is 5.95 Å². The van der Waals surface area contributed by atoms with Gasteiger partial charge in [-0.1, -0.05) is 37.1 Å². The second-order valence-electron chi connectivity index (χ2n) is 6.38. The third-order valence-corrected chi connectivity index (χ3v) is 4.94. The van der Waals surface area contributed by atoms with Crippen LogP contribution in [0.15, 0.2) is 36.5 Å². The number of anilines is 1. The highest BCUT2D eigenvalue weighted by atomic mass is 16.3. The van der Waals surface area contributed by atoms with Gasteiger partial charge in [0.1, 0.15) is 0 Å². The zero-order valence-electron chi connectivity index (χ0n) is 12.6. The van der Waals surface area contributed by atoms with E-state index in [4.69, 9.17) is 4.98 Å². The van der Waals surface area contributed by atoms with Gasteiger partial charge < -0.3 is 10.4 Å². The van der Waals surface area contributed by atoms with Crippen molar-refractivity contribution < 1.29 is 5.11 Å². The third-order valence-electron chi connectivity index (χ3n) is 4.94. The van der Waals surface area contributed by atoms with Crippen LogP contribution in [0.5, 0.6) is 0 Å². The minimum atomic E-state index is -0.420. The molecule has 0 amide bonds. The summed E-state index contributed by atoms with van der Waals surface area (Å²) in [6.07, 6.45) is 7.15. The number of aliphatic hydroxyl groups excluding tert-OH is 1. The van der Waals surface area contributed by atoms with Crippen molar-refractivity contribution in [2.75, 3.05) is 5.32 Å². The highest BCUT2D eigenvalue weighted by molar-refractivity contribution is 5.42. The maximum Gasteiger partial charge on any atom is 0.223 e. The first-order chi connectivity index (χ1) is 10.8. The topological polar surface area (TPSA) is 58.0 Å². The maximum absolute atomic E-state index is 10.3. The molecule has 2 aromatic rings. The van der Waals surface area contributed by atoms with E-state index in [1.54, 1.807) is 0 Å². The highest BCUT2D eigenvalue weighted by Gasteiger charge is 2.31. The Morgan fingerprint density at radius 1 is 1.09 bits per heavy atom. The summed E-state index contributed by atoms with van der Waals surface area (Å²) in [5, 5.41) is 13.7. The zero-order chi connectivity index (χ0) is 14.9. The lowest BCUT2D eigenvalue weighted by molar-refractivity contribution is 0.165. The average molecular weight is 295 g/mol. The van der Waals surface area contributed by atoms with E-state index < -0.39 is 6.10 Å². The van der Waals surface area contributed by atoms with Gasteiger partial charge in [-0.25, -0.2) is 9.97 Å². The second-order valence-corrected chi connectivity index (χ2v) is 6.38. The molecule has 2 atom stereocenters. The monoisotopic (exact) mass is 295 g/mol. The summed E-state index contributed by atoms with van der Waals surface area (Å²) in [4.78, 5) is 9.04. The molecule has 114 valence electrons. The summed E-state index contributed by atoms with van der Waals surface area (Å²) >= 11 is 0. The summed E-state index contributed by atoms with van der Waals surface area (Å²) in [5.74, 6) is 1.20. The second kappa shape index (κ2) is 5.69. The van der Waals surface area contributed by atoms with Gasteiger partial charge in [-0.05, 0) is 30.0 Å². The Bertz CT molecular complexity index is 667. The summed E-state index contributed by atoms with van der Waals surface area (Å²) in [5.41, 5.74) is 3.50. The molecule has 2 N–H and O–H groups in total. The Balaban J connectivity index is 1.57. The van der Waals surface area contributed by atoms with Gasteiger partial charge in [-0.3, -0.25) is 0 Å². The Labute approximate surface area is 130 Å². The molecule has 4 nitrogen and oxygen atoms in total. The van der Waals surface area contributed by atoms with E-state index in [1.165, 1.54) is 31.2 Å². The molecule has 0 saturated heterocycles. The van der Waals surface area contributed by atoms with Crippen LogP contribution in [0.2, 0.25) is 0 Å². The number of fused-ring (bicyclic) bond motifs is 1. The van der Waals surface area contributed by atoms with Crippen molar-refractivity contribution in [3.63, 3.8) is 0 Å². The van der Waals surface area contributed by atoms with Crippen LogP contribution in [0.25, 0.3) is 0 Å². The van der Waals surface area contributed by atoms with E-state index in [0.29, 0.717) is 18.3 Å². The molecule has 1 heterocycles. The van der Waals surface area contributed by atoms with Crippen LogP contribution in [-0.4, -0.2) is 21.2 Å². The molecule has 2 aliphatic carbocycles. The molecule has 1 aromatic carbocycles. The van der Waals surface area contributed by atoms with Crippen molar-refractivity contribution in [1.82, 2.24) is 9.97 Å². The Kier molecular flexibility index (Phi) is 3.54. The molecule has 4 rings (SSSR count). The summed E-state index contributed by atoms with van der Waals surface area (Å²) in [6, 6.07) is 10.1. The molecule has 0 spiro atoms. The fourth-order valence-corrected chi connectivity index (χ4v) is 3.78. The van der Waals surface area contributed by atoms with E-state index in [1.807, 2.05) is 24.4 Å². The molecular weight excluding hydrogens is 274 g/mol. The van der Waals surface area contributed by atoms with Crippen LogP contribution in [-0.2, 0) is 6.42 Å². The van der Waals surface area contributed by atoms with Crippen molar-refractivity contribution in [3.8, 4) is 0 Å². The molecule has 0 unspecified atom stereocenters. The summed E-state index contributed by atoms with van der Waals surface area (Å²) in [7, 11) is 0. The standard InChI is InChI=1S/C18H21N3O/c22-16-11-13-7-3-4-8-14(13)17(16)21-18-19-10-9-15(20-18)12-5-1-2-6-12/h3-4,7-10,12,16-17,22H,1-2,5-6,11H2,(H,19,20,21)/t16-,17+/m0/s1. The number of rotatable bonds is 3. The van der Waals surface area contributed by atoms with Crippen LogP contribution < -0.4 is 5.32 Å². The fourth-order valence-electron chi connectivity index (χ4n) is 3.78. The first kappa shape index (κ1) is 13.7. The molecule has 22 heavy (non-hydrogen) atoms. The van der Waals surface area contributed by atoms with E-state index in [-0.39, 0.29) is 6.04 Å². The van der Waals surface area contributed by atoms with Crippen molar-refractivity contribution >= 4 is 5.95 Å². The number of nitrogens with one attached hydrogen (secondary N) is 1. The van der Waals surface area contributed by atoms with Crippen molar-refractivity contribution in [1.29, 1.82) is 0 Å². The quantitative estimate of drug-likeness (QED) is 0.913. The Morgan fingerprint density at radius 2 is 1.91 bits per heavy atom. The minimum Gasteiger partial charge on any atom is -0.390 e. The van der Waals surface area contributed by atoms with Crippen LogP contribution in [0.4, 0.5) is 5.95 Å². The lowest BCUT2D eigenvalue weighted by Crippen LogP contribution is -2.22. The minimum absolute atomic E-state index is 0.116. The van der Waals surface area contributed by atoms with Gasteiger partial charge in [0.15, 0.2) is 0 Å². The fraction of sp³-hybridized carbons (Fsp3) is 0.444. The Morgan fingerprint density at radius 3 is 2.77 bits per heavy atom. The van der Waals surface area contributed by atoms with Gasteiger partial charge in [0.05, 0.1) is 12.1 Å². The number of hydrogen-bond donors (Lipinski definition) is 2. The number of aliphatic hydroxyl groups is 1. The van der Waals surface area contributed by atoms with Gasteiger partial charge >= 0.3 is 0 Å². The molecule has 1 fully saturated rings. The van der Waals surface area contributed by atoms with Crippen LogP contribution in [0, 0.1) is 0 Å². The molecule has 0 aliphatic heterocycles. The first-order valence-corrected chi connectivity index (χ1v) is 8.16. The van der Waals surface area contributed by atoms with Crippen LogP contribution >= 0.6 is 0 Å². The van der Waals surface area contributed by atoms with Crippen molar-refractivity contribution in [3.05, 3.63) is 53.3 Å². The van der Waals surface area contributed by atoms with E-state index in [9.17, 15) is 5.11 Å². The molecule has 4 heteroatoms. The summed E-state index contributed by atoms with van der Waals surface area (Å²) < 4.78 is 0. The lowest BCUT2D eigenvalue weighted by atomic mass is 10.0. The number of nitrogens with zero attached hydrogens (tertiary/aromatic N) is 2. The molecule has 0 radical (unpaired) electrons. The molecular formula is C18H21N3O. The Hall–Kier alpha value is -1.94. The van der Waals surface area contributed by atoms with Crippen molar-refractivity contribution in [2.24, 2.45) is 0 Å². The maximum atomic E-state index is 10.3. The molecule has 0 bridgehead atoms. The molecule has 1 aromatic heterocycles. The van der Waals surface area contributed by atoms with E-state index >= 15 is 0 Å². The van der Waals surface area contributed by atoms with E-state index in [0.717, 1.165) is 11.3 Å². The first-order valence-electron chi connectivity index (χ1n) is 8.16. The molecule has 1 saturated carbocycles. The predicted octanol–water partition coefficient (Wildman–Crippen LogP) is 3.20.